The number of rotatable bonds is 5. The lowest BCUT2D eigenvalue weighted by atomic mass is 9.97. The monoisotopic (exact) mass is 381 g/mol. The number of piperidine rings is 1. The number of morpholine rings is 1. The molecule has 2 saturated heterocycles. The molecule has 1 aromatic heterocycles. The number of nitrogens with one attached hydrogen (secondary N) is 1. The van der Waals surface area contributed by atoms with Crippen LogP contribution in [0.1, 0.15) is 18.4 Å². The number of benzene rings is 1. The zero-order chi connectivity index (χ0) is 19.2. The van der Waals surface area contributed by atoms with Gasteiger partial charge in [-0.15, -0.1) is 0 Å². The molecule has 2 aliphatic heterocycles. The molecular weight excluding hydrogens is 354 g/mol. The van der Waals surface area contributed by atoms with Gasteiger partial charge < -0.3 is 15.0 Å². The van der Waals surface area contributed by atoms with E-state index in [-0.39, 0.29) is 11.8 Å². The highest BCUT2D eigenvalue weighted by atomic mass is 16.5. The average molecular weight is 381 g/mol. The molecule has 4 rings (SSSR count). The van der Waals surface area contributed by atoms with Crippen molar-refractivity contribution in [2.24, 2.45) is 5.92 Å². The SMILES string of the molecule is O=C(Nc1ccc(CN2CCOCC2)cc1)[C@H]1CCCN(c2ncccn2)C1. The van der Waals surface area contributed by atoms with Gasteiger partial charge in [-0.1, -0.05) is 12.1 Å². The van der Waals surface area contributed by atoms with Crippen LogP contribution in [0.25, 0.3) is 0 Å². The van der Waals surface area contributed by atoms with Gasteiger partial charge in [0.2, 0.25) is 11.9 Å². The van der Waals surface area contributed by atoms with Gasteiger partial charge in [-0.05, 0) is 36.6 Å². The smallest absolute Gasteiger partial charge is 0.229 e. The van der Waals surface area contributed by atoms with Gasteiger partial charge in [0.25, 0.3) is 0 Å². The van der Waals surface area contributed by atoms with Crippen LogP contribution in [0.4, 0.5) is 11.6 Å². The van der Waals surface area contributed by atoms with Crippen molar-refractivity contribution in [2.45, 2.75) is 19.4 Å². The Labute approximate surface area is 165 Å². The lowest BCUT2D eigenvalue weighted by Gasteiger charge is -2.31. The molecule has 3 heterocycles. The molecule has 1 atom stereocenters. The van der Waals surface area contributed by atoms with Gasteiger partial charge in [-0.3, -0.25) is 9.69 Å². The van der Waals surface area contributed by atoms with E-state index >= 15 is 0 Å². The van der Waals surface area contributed by atoms with E-state index in [1.54, 1.807) is 18.5 Å². The summed E-state index contributed by atoms with van der Waals surface area (Å²) >= 11 is 0. The van der Waals surface area contributed by atoms with Crippen molar-refractivity contribution >= 4 is 17.5 Å². The van der Waals surface area contributed by atoms with Crippen LogP contribution in [-0.2, 0) is 16.1 Å². The molecule has 1 amide bonds. The van der Waals surface area contributed by atoms with Crippen LogP contribution in [0, 0.1) is 5.92 Å². The third-order valence-electron chi connectivity index (χ3n) is 5.36. The molecule has 28 heavy (non-hydrogen) atoms. The quantitative estimate of drug-likeness (QED) is 0.856. The maximum Gasteiger partial charge on any atom is 0.229 e. The molecule has 7 heteroatoms. The number of aromatic nitrogens is 2. The van der Waals surface area contributed by atoms with Crippen molar-refractivity contribution in [1.29, 1.82) is 0 Å². The van der Waals surface area contributed by atoms with Crippen molar-refractivity contribution in [3.05, 3.63) is 48.3 Å². The van der Waals surface area contributed by atoms with Crippen molar-refractivity contribution in [3.63, 3.8) is 0 Å². The topological polar surface area (TPSA) is 70.6 Å². The highest BCUT2D eigenvalue weighted by molar-refractivity contribution is 5.93. The number of hydrogen-bond acceptors (Lipinski definition) is 6. The number of carbonyl (C=O) groups excluding carboxylic acids is 1. The first-order valence-electron chi connectivity index (χ1n) is 10.00. The molecule has 0 radical (unpaired) electrons. The van der Waals surface area contributed by atoms with Crippen LogP contribution in [0.2, 0.25) is 0 Å². The third-order valence-corrected chi connectivity index (χ3v) is 5.36. The Balaban J connectivity index is 1.31. The third kappa shape index (κ3) is 4.85. The van der Waals surface area contributed by atoms with Gasteiger partial charge in [0, 0.05) is 50.8 Å². The van der Waals surface area contributed by atoms with E-state index in [0.717, 1.165) is 57.9 Å². The van der Waals surface area contributed by atoms with E-state index in [0.29, 0.717) is 12.5 Å². The summed E-state index contributed by atoms with van der Waals surface area (Å²) in [4.78, 5) is 25.8. The molecular formula is C21H27N5O2. The van der Waals surface area contributed by atoms with Crippen LogP contribution in [-0.4, -0.2) is 60.2 Å². The molecule has 0 unspecified atom stereocenters. The Kier molecular flexibility index (Phi) is 6.14. The Bertz CT molecular complexity index is 762. The van der Waals surface area contributed by atoms with E-state index < -0.39 is 0 Å². The van der Waals surface area contributed by atoms with Crippen molar-refractivity contribution in [2.75, 3.05) is 49.6 Å². The zero-order valence-electron chi connectivity index (χ0n) is 16.1. The second kappa shape index (κ2) is 9.12. The van der Waals surface area contributed by atoms with E-state index in [9.17, 15) is 4.79 Å². The largest absolute Gasteiger partial charge is 0.379 e. The minimum absolute atomic E-state index is 0.0504. The Morgan fingerprint density at radius 3 is 2.61 bits per heavy atom. The molecule has 2 aromatic rings. The summed E-state index contributed by atoms with van der Waals surface area (Å²) in [7, 11) is 0. The number of anilines is 2. The van der Waals surface area contributed by atoms with E-state index in [1.807, 2.05) is 12.1 Å². The van der Waals surface area contributed by atoms with Crippen LogP contribution >= 0.6 is 0 Å². The highest BCUT2D eigenvalue weighted by Gasteiger charge is 2.27. The zero-order valence-corrected chi connectivity index (χ0v) is 16.1. The fourth-order valence-electron chi connectivity index (χ4n) is 3.78. The minimum Gasteiger partial charge on any atom is -0.379 e. The molecule has 1 aromatic carbocycles. The lowest BCUT2D eigenvalue weighted by Crippen LogP contribution is -2.41. The summed E-state index contributed by atoms with van der Waals surface area (Å²) < 4.78 is 5.39. The molecule has 0 aliphatic carbocycles. The minimum atomic E-state index is -0.0504. The average Bonchev–Trinajstić information content (AvgIpc) is 2.76. The molecule has 1 N–H and O–H groups in total. The van der Waals surface area contributed by atoms with E-state index in [2.05, 4.69) is 37.2 Å². The molecule has 0 bridgehead atoms. The molecule has 2 fully saturated rings. The first-order valence-corrected chi connectivity index (χ1v) is 10.00. The Hall–Kier alpha value is -2.51. The maximum absolute atomic E-state index is 12.7. The Morgan fingerprint density at radius 2 is 1.86 bits per heavy atom. The lowest BCUT2D eigenvalue weighted by molar-refractivity contribution is -0.120. The molecule has 148 valence electrons. The van der Waals surface area contributed by atoms with Gasteiger partial charge in [-0.2, -0.15) is 0 Å². The number of nitrogens with zero attached hydrogens (tertiary/aromatic N) is 4. The number of hydrogen-bond donors (Lipinski definition) is 1. The second-order valence-corrected chi connectivity index (χ2v) is 7.41. The first-order chi connectivity index (χ1) is 13.8. The van der Waals surface area contributed by atoms with Gasteiger partial charge >= 0.3 is 0 Å². The highest BCUT2D eigenvalue weighted by Crippen LogP contribution is 2.22. The van der Waals surface area contributed by atoms with Crippen molar-refractivity contribution in [3.8, 4) is 0 Å². The summed E-state index contributed by atoms with van der Waals surface area (Å²) in [5, 5.41) is 3.07. The fraction of sp³-hybridized carbons (Fsp3) is 0.476. The summed E-state index contributed by atoms with van der Waals surface area (Å²) in [6, 6.07) is 9.98. The van der Waals surface area contributed by atoms with E-state index in [1.165, 1.54) is 5.56 Å². The Morgan fingerprint density at radius 1 is 1.11 bits per heavy atom. The number of amides is 1. The first kappa shape index (κ1) is 18.8. The van der Waals surface area contributed by atoms with Crippen molar-refractivity contribution < 1.29 is 9.53 Å². The van der Waals surface area contributed by atoms with Crippen LogP contribution in [0.15, 0.2) is 42.7 Å². The molecule has 0 spiro atoms. The second-order valence-electron chi connectivity index (χ2n) is 7.41. The van der Waals surface area contributed by atoms with Crippen LogP contribution in [0.5, 0.6) is 0 Å². The normalized spacial score (nSPS) is 20.7. The van der Waals surface area contributed by atoms with Crippen LogP contribution in [0.3, 0.4) is 0 Å². The van der Waals surface area contributed by atoms with Gasteiger partial charge in [0.1, 0.15) is 0 Å². The number of carbonyl (C=O) groups is 1. The van der Waals surface area contributed by atoms with Gasteiger partial charge in [0.05, 0.1) is 19.1 Å². The summed E-state index contributed by atoms with van der Waals surface area (Å²) in [5.74, 6) is 0.722. The van der Waals surface area contributed by atoms with E-state index in [4.69, 9.17) is 4.74 Å². The summed E-state index contributed by atoms with van der Waals surface area (Å²) in [6.45, 7) is 6.03. The fourth-order valence-corrected chi connectivity index (χ4v) is 3.78. The summed E-state index contributed by atoms with van der Waals surface area (Å²) in [5.41, 5.74) is 2.11. The molecule has 0 saturated carbocycles. The van der Waals surface area contributed by atoms with Gasteiger partial charge in [-0.25, -0.2) is 9.97 Å². The predicted molar refractivity (Wildman–Crippen MR) is 108 cm³/mol. The molecule has 2 aliphatic rings. The molecule has 7 nitrogen and oxygen atoms in total. The summed E-state index contributed by atoms with van der Waals surface area (Å²) in [6.07, 6.45) is 5.34. The van der Waals surface area contributed by atoms with Crippen molar-refractivity contribution in [1.82, 2.24) is 14.9 Å². The van der Waals surface area contributed by atoms with Gasteiger partial charge in [0.15, 0.2) is 0 Å². The maximum atomic E-state index is 12.7. The standard InChI is InChI=1S/C21H27N5O2/c27-20(18-3-1-10-26(16-18)21-22-8-2-9-23-21)24-19-6-4-17(5-7-19)15-25-11-13-28-14-12-25/h2,4-9,18H,1,3,10-16H2,(H,24,27)/t18-/m0/s1. The number of ether oxygens (including phenoxy) is 1. The predicted octanol–water partition coefficient (Wildman–Crippen LogP) is 2.16. The van der Waals surface area contributed by atoms with Crippen LogP contribution < -0.4 is 10.2 Å².